The van der Waals surface area contributed by atoms with E-state index in [0.29, 0.717) is 5.88 Å². The molecule has 0 bridgehead atoms. The molecule has 1 aromatic carbocycles. The second-order valence-corrected chi connectivity index (χ2v) is 4.76. The second-order valence-electron chi connectivity index (χ2n) is 3.83. The number of fused-ring (bicyclic) bond motifs is 1. The van der Waals surface area contributed by atoms with Gasteiger partial charge < -0.3 is 4.98 Å². The molecule has 0 saturated carbocycles. The van der Waals surface area contributed by atoms with Crippen molar-refractivity contribution in [1.82, 2.24) is 19.7 Å². The Labute approximate surface area is 111 Å². The van der Waals surface area contributed by atoms with Crippen LogP contribution < -0.4 is 0 Å². The molecule has 3 rings (SSSR count). The van der Waals surface area contributed by atoms with Gasteiger partial charge in [-0.25, -0.2) is 4.98 Å². The van der Waals surface area contributed by atoms with E-state index < -0.39 is 4.92 Å². The Bertz CT molecular complexity index is 702. The molecule has 0 radical (unpaired) electrons. The maximum absolute atomic E-state index is 10.5. The first kappa shape index (κ1) is 11.7. The van der Waals surface area contributed by atoms with Crippen LogP contribution in [0.15, 0.2) is 41.8 Å². The second kappa shape index (κ2) is 4.73. The van der Waals surface area contributed by atoms with E-state index in [-0.39, 0.29) is 5.69 Å². The van der Waals surface area contributed by atoms with Gasteiger partial charge in [-0.1, -0.05) is 23.9 Å². The first-order valence-electron chi connectivity index (χ1n) is 5.47. The van der Waals surface area contributed by atoms with Crippen molar-refractivity contribution in [3.8, 4) is 0 Å². The summed E-state index contributed by atoms with van der Waals surface area (Å²) in [5.41, 5.74) is 1.86. The zero-order valence-corrected chi connectivity index (χ0v) is 10.5. The fourth-order valence-electron chi connectivity index (χ4n) is 1.64. The molecule has 0 aliphatic rings. The molecule has 0 amide bonds. The summed E-state index contributed by atoms with van der Waals surface area (Å²) in [6, 6.07) is 7.74. The first-order chi connectivity index (χ1) is 9.22. The van der Waals surface area contributed by atoms with E-state index in [1.807, 2.05) is 24.3 Å². The van der Waals surface area contributed by atoms with E-state index in [0.717, 1.165) is 16.2 Å². The minimum Gasteiger partial charge on any atom is -0.333 e. The van der Waals surface area contributed by atoms with Gasteiger partial charge in [-0.2, -0.15) is 5.10 Å². The van der Waals surface area contributed by atoms with Crippen molar-refractivity contribution in [2.24, 2.45) is 0 Å². The molecular formula is C11H9N5O2S. The molecular weight excluding hydrogens is 266 g/mol. The van der Waals surface area contributed by atoms with Crippen molar-refractivity contribution in [2.75, 3.05) is 0 Å². The largest absolute Gasteiger partial charge is 0.333 e. The summed E-state index contributed by atoms with van der Waals surface area (Å²) in [6.45, 7) is 0. The number of benzene rings is 1. The van der Waals surface area contributed by atoms with Crippen LogP contribution in [0.1, 0.15) is 0 Å². The molecule has 0 unspecified atom stereocenters. The molecule has 0 saturated heterocycles. The smallest absolute Gasteiger partial charge is 0.307 e. The van der Waals surface area contributed by atoms with Gasteiger partial charge in [0.1, 0.15) is 12.4 Å². The van der Waals surface area contributed by atoms with Crippen LogP contribution in [0.4, 0.5) is 5.69 Å². The molecule has 0 aliphatic carbocycles. The third kappa shape index (κ3) is 2.43. The predicted molar refractivity (Wildman–Crippen MR) is 70.8 cm³/mol. The quantitative estimate of drug-likeness (QED) is 0.448. The van der Waals surface area contributed by atoms with E-state index >= 15 is 0 Å². The standard InChI is InChI=1S/C11H9N5O2S/c17-16(18)8-5-12-15(6-8)7-19-11-13-9-3-1-2-4-10(9)14-11/h1-6H,7H2,(H,13,14). The molecule has 8 heteroatoms. The number of aromatic nitrogens is 4. The Kier molecular flexibility index (Phi) is 2.92. The van der Waals surface area contributed by atoms with Crippen molar-refractivity contribution in [3.63, 3.8) is 0 Å². The van der Waals surface area contributed by atoms with Crippen molar-refractivity contribution >= 4 is 28.5 Å². The van der Waals surface area contributed by atoms with Crippen LogP contribution in [0.3, 0.4) is 0 Å². The Morgan fingerprint density at radius 3 is 3.00 bits per heavy atom. The van der Waals surface area contributed by atoms with Gasteiger partial charge in [0.15, 0.2) is 5.16 Å². The van der Waals surface area contributed by atoms with E-state index in [1.165, 1.54) is 28.8 Å². The van der Waals surface area contributed by atoms with E-state index in [2.05, 4.69) is 15.1 Å². The number of nitro groups is 1. The normalized spacial score (nSPS) is 10.9. The molecule has 0 spiro atoms. The molecule has 2 heterocycles. The number of H-pyrrole nitrogens is 1. The highest BCUT2D eigenvalue weighted by atomic mass is 32.2. The van der Waals surface area contributed by atoms with Crippen LogP contribution in [0.25, 0.3) is 11.0 Å². The van der Waals surface area contributed by atoms with Gasteiger partial charge >= 0.3 is 5.69 Å². The molecule has 0 fully saturated rings. The average molecular weight is 275 g/mol. The third-order valence-corrected chi connectivity index (χ3v) is 3.39. The van der Waals surface area contributed by atoms with E-state index in [4.69, 9.17) is 0 Å². The van der Waals surface area contributed by atoms with Crippen LogP contribution in [0.2, 0.25) is 0 Å². The molecule has 0 atom stereocenters. The molecule has 19 heavy (non-hydrogen) atoms. The number of nitrogens with zero attached hydrogens (tertiary/aromatic N) is 4. The van der Waals surface area contributed by atoms with Crippen LogP contribution in [-0.2, 0) is 5.88 Å². The number of imidazole rings is 1. The molecule has 7 nitrogen and oxygen atoms in total. The fraction of sp³-hybridized carbons (Fsp3) is 0.0909. The fourth-order valence-corrected chi connectivity index (χ4v) is 2.38. The van der Waals surface area contributed by atoms with Gasteiger partial charge in [0.25, 0.3) is 0 Å². The van der Waals surface area contributed by atoms with E-state index in [1.54, 1.807) is 0 Å². The van der Waals surface area contributed by atoms with Crippen molar-refractivity contribution in [3.05, 3.63) is 46.8 Å². The topological polar surface area (TPSA) is 89.6 Å². The Morgan fingerprint density at radius 1 is 1.42 bits per heavy atom. The monoisotopic (exact) mass is 275 g/mol. The lowest BCUT2D eigenvalue weighted by Gasteiger charge is -1.96. The lowest BCUT2D eigenvalue weighted by molar-refractivity contribution is -0.385. The minimum atomic E-state index is -0.463. The Morgan fingerprint density at radius 2 is 2.26 bits per heavy atom. The lowest BCUT2D eigenvalue weighted by atomic mass is 10.3. The van der Waals surface area contributed by atoms with E-state index in [9.17, 15) is 10.1 Å². The molecule has 3 aromatic rings. The SMILES string of the molecule is O=[N+]([O-])c1cnn(CSc2nc3ccccc3[nH]2)c1. The first-order valence-corrected chi connectivity index (χ1v) is 6.45. The number of rotatable bonds is 4. The van der Waals surface area contributed by atoms with Crippen LogP contribution in [0, 0.1) is 10.1 Å². The molecule has 2 aromatic heterocycles. The zero-order chi connectivity index (χ0) is 13.2. The highest BCUT2D eigenvalue weighted by molar-refractivity contribution is 7.98. The zero-order valence-electron chi connectivity index (χ0n) is 9.68. The molecule has 96 valence electrons. The summed E-state index contributed by atoms with van der Waals surface area (Å²) in [5, 5.41) is 15.2. The highest BCUT2D eigenvalue weighted by Crippen LogP contribution is 2.21. The van der Waals surface area contributed by atoms with Gasteiger partial charge in [0.2, 0.25) is 0 Å². The van der Waals surface area contributed by atoms with Gasteiger partial charge in [-0.05, 0) is 12.1 Å². The number of hydrogen-bond acceptors (Lipinski definition) is 5. The van der Waals surface area contributed by atoms with Gasteiger partial charge in [0, 0.05) is 0 Å². The number of para-hydroxylation sites is 2. The maximum atomic E-state index is 10.5. The predicted octanol–water partition coefficient (Wildman–Crippen LogP) is 2.42. The summed E-state index contributed by atoms with van der Waals surface area (Å²) in [5.74, 6) is 0.466. The summed E-state index contributed by atoms with van der Waals surface area (Å²) in [7, 11) is 0. The van der Waals surface area contributed by atoms with Gasteiger partial charge in [0.05, 0.1) is 21.8 Å². The summed E-state index contributed by atoms with van der Waals surface area (Å²) < 4.78 is 1.51. The number of nitrogens with one attached hydrogen (secondary N) is 1. The summed E-state index contributed by atoms with van der Waals surface area (Å²) in [6.07, 6.45) is 2.63. The van der Waals surface area contributed by atoms with Gasteiger partial charge in [-0.3, -0.25) is 14.8 Å². The van der Waals surface area contributed by atoms with Crippen molar-refractivity contribution in [2.45, 2.75) is 11.0 Å². The number of thioether (sulfide) groups is 1. The highest BCUT2D eigenvalue weighted by Gasteiger charge is 2.09. The minimum absolute atomic E-state index is 0.00907. The van der Waals surface area contributed by atoms with Crippen LogP contribution in [0.5, 0.6) is 0 Å². The Hall–Kier alpha value is -2.35. The lowest BCUT2D eigenvalue weighted by Crippen LogP contribution is -1.94. The Balaban J connectivity index is 1.72. The summed E-state index contributed by atoms with van der Waals surface area (Å²) >= 11 is 1.44. The number of aromatic amines is 1. The molecule has 1 N–H and O–H groups in total. The maximum Gasteiger partial charge on any atom is 0.307 e. The van der Waals surface area contributed by atoms with Crippen molar-refractivity contribution < 1.29 is 4.92 Å². The van der Waals surface area contributed by atoms with Gasteiger partial charge in [-0.15, -0.1) is 0 Å². The summed E-state index contributed by atoms with van der Waals surface area (Å²) in [4.78, 5) is 17.6. The van der Waals surface area contributed by atoms with Crippen LogP contribution >= 0.6 is 11.8 Å². The third-order valence-electron chi connectivity index (χ3n) is 2.53. The average Bonchev–Trinajstić information content (AvgIpc) is 3.02. The molecule has 0 aliphatic heterocycles. The van der Waals surface area contributed by atoms with Crippen LogP contribution in [-0.4, -0.2) is 24.7 Å². The van der Waals surface area contributed by atoms with Crippen molar-refractivity contribution in [1.29, 1.82) is 0 Å². The number of hydrogen-bond donors (Lipinski definition) is 1.